The predicted octanol–water partition coefficient (Wildman–Crippen LogP) is 3.73. The van der Waals surface area contributed by atoms with Gasteiger partial charge in [0.15, 0.2) is 5.82 Å². The van der Waals surface area contributed by atoms with Gasteiger partial charge in [-0.05, 0) is 49.6 Å². The number of aryl methyl sites for hydroxylation is 1. The molecule has 1 saturated carbocycles. The van der Waals surface area contributed by atoms with E-state index < -0.39 is 10.0 Å². The summed E-state index contributed by atoms with van der Waals surface area (Å²) in [5.74, 6) is 1.12. The van der Waals surface area contributed by atoms with Crippen LogP contribution in [-0.2, 0) is 10.0 Å². The highest BCUT2D eigenvalue weighted by atomic mass is 32.2. The van der Waals surface area contributed by atoms with Crippen molar-refractivity contribution in [2.75, 3.05) is 17.1 Å². The van der Waals surface area contributed by atoms with Gasteiger partial charge in [0, 0.05) is 6.04 Å². The maximum absolute atomic E-state index is 12.7. The summed E-state index contributed by atoms with van der Waals surface area (Å²) in [7, 11) is -2.38. The Labute approximate surface area is 160 Å². The molecule has 0 spiro atoms. The fourth-order valence-electron chi connectivity index (χ4n) is 3.28. The molecule has 0 amide bonds. The predicted molar refractivity (Wildman–Crippen MR) is 106 cm³/mol. The quantitative estimate of drug-likeness (QED) is 0.730. The zero-order chi connectivity index (χ0) is 19.3. The van der Waals surface area contributed by atoms with Gasteiger partial charge in [-0.25, -0.2) is 8.42 Å². The Balaban J connectivity index is 1.71. The Hall–Kier alpha value is -2.35. The van der Waals surface area contributed by atoms with Crippen LogP contribution in [0.15, 0.2) is 35.2 Å². The average Bonchev–Trinajstić information content (AvgIpc) is 2.92. The first-order valence-corrected chi connectivity index (χ1v) is 10.7. The van der Waals surface area contributed by atoms with Crippen molar-refractivity contribution in [3.8, 4) is 5.75 Å². The van der Waals surface area contributed by atoms with Crippen LogP contribution in [-0.4, -0.2) is 31.8 Å². The summed E-state index contributed by atoms with van der Waals surface area (Å²) in [5, 5.41) is 11.5. The fraction of sp³-hybridized carbons (Fsp3) is 0.474. The Morgan fingerprint density at radius 1 is 1.00 bits per heavy atom. The maximum Gasteiger partial charge on any atom is 0.266 e. The molecule has 0 aliphatic heterocycles. The highest BCUT2D eigenvalue weighted by Crippen LogP contribution is 2.26. The Morgan fingerprint density at radius 2 is 1.67 bits per heavy atom. The van der Waals surface area contributed by atoms with E-state index in [0.29, 0.717) is 11.9 Å². The molecule has 0 saturated heterocycles. The summed E-state index contributed by atoms with van der Waals surface area (Å²) in [5.41, 5.74) is 0.824. The fourth-order valence-corrected chi connectivity index (χ4v) is 4.53. The number of anilines is 2. The molecule has 1 heterocycles. The van der Waals surface area contributed by atoms with Gasteiger partial charge in [-0.1, -0.05) is 31.7 Å². The number of rotatable bonds is 6. The third kappa shape index (κ3) is 5.09. The van der Waals surface area contributed by atoms with Crippen LogP contribution in [0.2, 0.25) is 0 Å². The van der Waals surface area contributed by atoms with Gasteiger partial charge in [-0.3, -0.25) is 4.72 Å². The number of hydrogen-bond donors (Lipinski definition) is 2. The molecule has 1 aromatic heterocycles. The van der Waals surface area contributed by atoms with Crippen molar-refractivity contribution in [2.24, 2.45) is 0 Å². The zero-order valence-corrected chi connectivity index (χ0v) is 16.6. The summed E-state index contributed by atoms with van der Waals surface area (Å²) in [4.78, 5) is 0.0763. The van der Waals surface area contributed by atoms with Crippen LogP contribution in [0.3, 0.4) is 0 Å². The van der Waals surface area contributed by atoms with Gasteiger partial charge in [0.1, 0.15) is 16.5 Å². The van der Waals surface area contributed by atoms with Crippen molar-refractivity contribution in [1.29, 1.82) is 0 Å². The molecule has 1 fully saturated rings. The van der Waals surface area contributed by atoms with E-state index in [4.69, 9.17) is 4.74 Å². The van der Waals surface area contributed by atoms with Gasteiger partial charge in [-0.15, -0.1) is 10.2 Å². The maximum atomic E-state index is 12.7. The third-order valence-corrected chi connectivity index (χ3v) is 6.10. The molecule has 0 atom stereocenters. The molecular weight excluding hydrogens is 364 g/mol. The lowest BCUT2D eigenvalue weighted by atomic mass is 10.1. The van der Waals surface area contributed by atoms with Gasteiger partial charge in [0.05, 0.1) is 7.11 Å². The first-order chi connectivity index (χ1) is 13.0. The van der Waals surface area contributed by atoms with Crippen molar-refractivity contribution in [2.45, 2.75) is 56.4 Å². The van der Waals surface area contributed by atoms with Gasteiger partial charge < -0.3 is 10.1 Å². The van der Waals surface area contributed by atoms with Crippen molar-refractivity contribution in [3.63, 3.8) is 0 Å². The summed E-state index contributed by atoms with van der Waals surface area (Å²) in [6.45, 7) is 1.83. The second kappa shape index (κ2) is 8.56. The smallest absolute Gasteiger partial charge is 0.266 e. The molecule has 0 radical (unpaired) electrons. The summed E-state index contributed by atoms with van der Waals surface area (Å²) < 4.78 is 33.0. The number of methoxy groups -OCH3 is 1. The van der Waals surface area contributed by atoms with Crippen LogP contribution in [0, 0.1) is 6.92 Å². The molecule has 2 N–H and O–H groups in total. The van der Waals surface area contributed by atoms with Crippen molar-refractivity contribution in [1.82, 2.24) is 10.2 Å². The monoisotopic (exact) mass is 390 g/mol. The minimum Gasteiger partial charge on any atom is -0.495 e. The number of sulfonamides is 1. The van der Waals surface area contributed by atoms with Crippen molar-refractivity contribution in [3.05, 3.63) is 35.9 Å². The summed E-state index contributed by atoms with van der Waals surface area (Å²) in [6.07, 6.45) is 7.27. The van der Waals surface area contributed by atoms with Crippen molar-refractivity contribution >= 4 is 21.7 Å². The van der Waals surface area contributed by atoms with Crippen LogP contribution in [0.1, 0.15) is 44.1 Å². The second-order valence-electron chi connectivity index (χ2n) is 6.90. The normalized spacial score (nSPS) is 15.8. The van der Waals surface area contributed by atoms with E-state index in [9.17, 15) is 8.42 Å². The summed E-state index contributed by atoms with van der Waals surface area (Å²) in [6, 6.07) is 8.77. The number of nitrogens with zero attached hydrogens (tertiary/aromatic N) is 2. The molecule has 8 heteroatoms. The Kier molecular flexibility index (Phi) is 6.15. The molecule has 2 aromatic rings. The highest BCUT2D eigenvalue weighted by Gasteiger charge is 2.21. The molecule has 1 aliphatic rings. The van der Waals surface area contributed by atoms with E-state index in [1.165, 1.54) is 32.8 Å². The number of benzene rings is 1. The van der Waals surface area contributed by atoms with Gasteiger partial charge >= 0.3 is 0 Å². The molecule has 27 heavy (non-hydrogen) atoms. The standard InChI is InChI=1S/C19H26N4O3S/c1-14-9-10-16(26-2)17(13-14)27(24,25)23-19-12-11-18(21-22-19)20-15-7-5-3-4-6-8-15/h9-13,15H,3-8H2,1-2H3,(H,20,21)(H,22,23). The molecule has 7 nitrogen and oxygen atoms in total. The number of hydrogen-bond acceptors (Lipinski definition) is 6. The molecular formula is C19H26N4O3S. The van der Waals surface area contributed by atoms with Crippen molar-refractivity contribution < 1.29 is 13.2 Å². The van der Waals surface area contributed by atoms with E-state index in [1.807, 2.05) is 6.92 Å². The Morgan fingerprint density at radius 3 is 2.30 bits per heavy atom. The second-order valence-corrected chi connectivity index (χ2v) is 8.55. The minimum atomic E-state index is -3.82. The number of nitrogens with one attached hydrogen (secondary N) is 2. The molecule has 146 valence electrons. The van der Waals surface area contributed by atoms with Gasteiger partial charge in [0.2, 0.25) is 0 Å². The van der Waals surface area contributed by atoms with Crippen LogP contribution < -0.4 is 14.8 Å². The largest absolute Gasteiger partial charge is 0.495 e. The molecule has 0 bridgehead atoms. The Bertz CT molecular complexity index is 861. The lowest BCUT2D eigenvalue weighted by molar-refractivity contribution is 0.402. The van der Waals surface area contributed by atoms with Crippen LogP contribution in [0.5, 0.6) is 5.75 Å². The van der Waals surface area contributed by atoms with E-state index in [-0.39, 0.29) is 16.5 Å². The van der Waals surface area contributed by atoms with E-state index >= 15 is 0 Å². The van der Waals surface area contributed by atoms with E-state index in [1.54, 1.807) is 30.3 Å². The summed E-state index contributed by atoms with van der Waals surface area (Å²) >= 11 is 0. The van der Waals surface area contributed by atoms with Crippen LogP contribution in [0.25, 0.3) is 0 Å². The molecule has 3 rings (SSSR count). The highest BCUT2D eigenvalue weighted by molar-refractivity contribution is 7.92. The average molecular weight is 391 g/mol. The zero-order valence-electron chi connectivity index (χ0n) is 15.7. The molecule has 1 aliphatic carbocycles. The minimum absolute atomic E-state index is 0.0763. The molecule has 1 aromatic carbocycles. The van der Waals surface area contributed by atoms with E-state index in [2.05, 4.69) is 20.2 Å². The molecule has 0 unspecified atom stereocenters. The number of aromatic nitrogens is 2. The first-order valence-electron chi connectivity index (χ1n) is 9.26. The topological polar surface area (TPSA) is 93.2 Å². The third-order valence-electron chi connectivity index (χ3n) is 4.72. The van der Waals surface area contributed by atoms with Gasteiger partial charge in [-0.2, -0.15) is 0 Å². The van der Waals surface area contributed by atoms with E-state index in [0.717, 1.165) is 18.4 Å². The van der Waals surface area contributed by atoms with Gasteiger partial charge in [0.25, 0.3) is 10.0 Å². The SMILES string of the molecule is COc1ccc(C)cc1S(=O)(=O)Nc1ccc(NC2CCCCCC2)nn1. The van der Waals surface area contributed by atoms with Crippen LogP contribution >= 0.6 is 0 Å². The lowest BCUT2D eigenvalue weighted by Gasteiger charge is -2.16. The van der Waals surface area contributed by atoms with Crippen LogP contribution in [0.4, 0.5) is 11.6 Å². The number of ether oxygens (including phenoxy) is 1. The first kappa shape index (κ1) is 19.4. The lowest BCUT2D eigenvalue weighted by Crippen LogP contribution is -2.20.